The summed E-state index contributed by atoms with van der Waals surface area (Å²) in [6.07, 6.45) is -4.10. The molecule has 2 atom stereocenters. The van der Waals surface area contributed by atoms with Crippen LogP contribution >= 0.6 is 0 Å². The average Bonchev–Trinajstić information content (AvgIpc) is 1.85. The van der Waals surface area contributed by atoms with Crippen molar-refractivity contribution in [1.82, 2.24) is 0 Å². The minimum Gasteiger partial charge on any atom is -0.397 e. The molecule has 1 aliphatic rings. The Morgan fingerprint density at radius 3 is 1.75 bits per heavy atom. The van der Waals surface area contributed by atoms with Crippen LogP contribution in [-0.2, 0) is 9.47 Å². The fraction of sp³-hybridized carbons (Fsp3) is 0.667. The van der Waals surface area contributed by atoms with Gasteiger partial charge in [-0.1, -0.05) is 0 Å². The molecule has 1 heterocycles. The first-order chi connectivity index (χ1) is 3.70. The Kier molecular flexibility index (Phi) is 1.07. The van der Waals surface area contributed by atoms with Gasteiger partial charge < -0.3 is 19.7 Å². The summed E-state index contributed by atoms with van der Waals surface area (Å²) in [5, 5.41) is 16.7. The zero-order valence-corrected chi connectivity index (χ0v) is 3.77. The predicted octanol–water partition coefficient (Wildman–Crippen LogP) is -1.21. The van der Waals surface area contributed by atoms with E-state index in [0.29, 0.717) is 0 Å². The third-order valence-corrected chi connectivity index (χ3v) is 0.678. The van der Waals surface area contributed by atoms with Gasteiger partial charge in [-0.3, -0.25) is 0 Å². The molecule has 1 fully saturated rings. The summed E-state index contributed by atoms with van der Waals surface area (Å²) in [5.41, 5.74) is 0. The van der Waals surface area contributed by atoms with Gasteiger partial charge in [0, 0.05) is 0 Å². The van der Waals surface area contributed by atoms with E-state index in [0.717, 1.165) is 0 Å². The lowest BCUT2D eigenvalue weighted by molar-refractivity contribution is -0.133. The van der Waals surface area contributed by atoms with Crippen LogP contribution in [0.15, 0.2) is 0 Å². The SMILES string of the molecule is O=C1OC(O)C(O)O1. The van der Waals surface area contributed by atoms with Crippen molar-refractivity contribution in [1.29, 1.82) is 0 Å². The van der Waals surface area contributed by atoms with Gasteiger partial charge in [-0.05, 0) is 0 Å². The quantitative estimate of drug-likeness (QED) is 0.392. The highest BCUT2D eigenvalue weighted by molar-refractivity contribution is 5.61. The summed E-state index contributed by atoms with van der Waals surface area (Å²) in [7, 11) is 0. The van der Waals surface area contributed by atoms with Crippen molar-refractivity contribution in [3.8, 4) is 0 Å². The molecule has 0 aromatic carbocycles. The van der Waals surface area contributed by atoms with Crippen molar-refractivity contribution in [2.24, 2.45) is 0 Å². The lowest BCUT2D eigenvalue weighted by Gasteiger charge is -1.98. The molecule has 0 bridgehead atoms. The van der Waals surface area contributed by atoms with E-state index < -0.39 is 18.7 Å². The molecule has 5 nitrogen and oxygen atoms in total. The summed E-state index contributed by atoms with van der Waals surface area (Å²) in [6, 6.07) is 0. The fourth-order valence-corrected chi connectivity index (χ4v) is 0.341. The van der Waals surface area contributed by atoms with E-state index in [1.807, 2.05) is 0 Å². The third-order valence-electron chi connectivity index (χ3n) is 0.678. The standard InChI is InChI=1S/C3H4O5/c4-1-2(5)8-3(6)7-1/h1-2,4-5H. The first kappa shape index (κ1) is 5.33. The van der Waals surface area contributed by atoms with Gasteiger partial charge >= 0.3 is 6.16 Å². The summed E-state index contributed by atoms with van der Waals surface area (Å²) in [5.74, 6) is 0. The zero-order valence-electron chi connectivity index (χ0n) is 3.77. The number of ether oxygens (including phenoxy) is 2. The molecular weight excluding hydrogens is 116 g/mol. The predicted molar refractivity (Wildman–Crippen MR) is 19.6 cm³/mol. The lowest BCUT2D eigenvalue weighted by atomic mass is 10.6. The van der Waals surface area contributed by atoms with Gasteiger partial charge in [0.1, 0.15) is 0 Å². The summed E-state index contributed by atoms with van der Waals surface area (Å²) in [6.45, 7) is 0. The van der Waals surface area contributed by atoms with Gasteiger partial charge in [0.2, 0.25) is 0 Å². The number of carbonyl (C=O) groups is 1. The van der Waals surface area contributed by atoms with Gasteiger partial charge in [0.05, 0.1) is 0 Å². The molecule has 0 aromatic rings. The highest BCUT2D eigenvalue weighted by atomic mass is 16.9. The highest BCUT2D eigenvalue weighted by Gasteiger charge is 2.32. The molecule has 1 rings (SSSR count). The van der Waals surface area contributed by atoms with E-state index in [1.165, 1.54) is 0 Å². The maximum absolute atomic E-state index is 9.90. The molecule has 0 spiro atoms. The van der Waals surface area contributed by atoms with Crippen molar-refractivity contribution in [3.63, 3.8) is 0 Å². The number of aliphatic hydroxyl groups is 2. The molecule has 0 radical (unpaired) electrons. The Balaban J connectivity index is 2.51. The molecule has 46 valence electrons. The zero-order chi connectivity index (χ0) is 6.15. The number of cyclic esters (lactones) is 2. The second-order valence-electron chi connectivity index (χ2n) is 1.27. The number of hydrogen-bond acceptors (Lipinski definition) is 5. The molecule has 8 heavy (non-hydrogen) atoms. The number of hydrogen-bond donors (Lipinski definition) is 2. The van der Waals surface area contributed by atoms with Crippen LogP contribution in [0.2, 0.25) is 0 Å². The first-order valence-electron chi connectivity index (χ1n) is 1.93. The van der Waals surface area contributed by atoms with Gasteiger partial charge in [0.15, 0.2) is 0 Å². The van der Waals surface area contributed by atoms with Crippen LogP contribution in [0.3, 0.4) is 0 Å². The fourth-order valence-electron chi connectivity index (χ4n) is 0.341. The molecule has 1 saturated heterocycles. The van der Waals surface area contributed by atoms with E-state index in [-0.39, 0.29) is 0 Å². The van der Waals surface area contributed by atoms with Gasteiger partial charge in [-0.15, -0.1) is 0 Å². The van der Waals surface area contributed by atoms with Crippen LogP contribution in [0.5, 0.6) is 0 Å². The average molecular weight is 120 g/mol. The smallest absolute Gasteiger partial charge is 0.397 e. The first-order valence-corrected chi connectivity index (χ1v) is 1.93. The van der Waals surface area contributed by atoms with Crippen LogP contribution in [-0.4, -0.2) is 28.9 Å². The van der Waals surface area contributed by atoms with Crippen LogP contribution in [0, 0.1) is 0 Å². The topological polar surface area (TPSA) is 76.0 Å². The number of rotatable bonds is 0. The number of carbonyl (C=O) groups excluding carboxylic acids is 1. The maximum atomic E-state index is 9.90. The third kappa shape index (κ3) is 0.728. The molecule has 0 amide bonds. The molecule has 0 saturated carbocycles. The van der Waals surface area contributed by atoms with Crippen molar-refractivity contribution >= 4 is 6.16 Å². The van der Waals surface area contributed by atoms with E-state index in [4.69, 9.17) is 10.2 Å². The van der Waals surface area contributed by atoms with Crippen LogP contribution in [0.1, 0.15) is 0 Å². The minimum absolute atomic E-state index is 1.05. The molecular formula is C3H4O5. The van der Waals surface area contributed by atoms with Crippen molar-refractivity contribution in [2.75, 3.05) is 0 Å². The van der Waals surface area contributed by atoms with Crippen LogP contribution in [0.25, 0.3) is 0 Å². The second kappa shape index (κ2) is 1.61. The largest absolute Gasteiger partial charge is 0.513 e. The molecule has 2 unspecified atom stereocenters. The van der Waals surface area contributed by atoms with Crippen molar-refractivity contribution in [3.05, 3.63) is 0 Å². The Morgan fingerprint density at radius 2 is 1.62 bits per heavy atom. The molecule has 5 heteroatoms. The van der Waals surface area contributed by atoms with Crippen molar-refractivity contribution in [2.45, 2.75) is 12.6 Å². The Bertz CT molecular complexity index is 98.2. The molecule has 2 N–H and O–H groups in total. The highest BCUT2D eigenvalue weighted by Crippen LogP contribution is 2.08. The Labute approximate surface area is 44.4 Å². The second-order valence-corrected chi connectivity index (χ2v) is 1.27. The molecule has 0 aromatic heterocycles. The Morgan fingerprint density at radius 1 is 1.25 bits per heavy atom. The van der Waals surface area contributed by atoms with E-state index in [9.17, 15) is 4.79 Å². The summed E-state index contributed by atoms with van der Waals surface area (Å²) >= 11 is 0. The van der Waals surface area contributed by atoms with Crippen molar-refractivity contribution < 1.29 is 24.5 Å². The van der Waals surface area contributed by atoms with Crippen LogP contribution < -0.4 is 0 Å². The normalized spacial score (nSPS) is 36.5. The molecule has 0 aliphatic carbocycles. The Hall–Kier alpha value is -0.810. The minimum atomic E-state index is -1.53. The van der Waals surface area contributed by atoms with Crippen LogP contribution in [0.4, 0.5) is 4.79 Å². The van der Waals surface area contributed by atoms with E-state index in [2.05, 4.69) is 9.47 Å². The van der Waals surface area contributed by atoms with Gasteiger partial charge in [0.25, 0.3) is 12.6 Å². The van der Waals surface area contributed by atoms with E-state index >= 15 is 0 Å². The maximum Gasteiger partial charge on any atom is 0.513 e. The van der Waals surface area contributed by atoms with E-state index in [1.54, 1.807) is 0 Å². The lowest BCUT2D eigenvalue weighted by Crippen LogP contribution is -2.20. The van der Waals surface area contributed by atoms with Gasteiger partial charge in [-0.2, -0.15) is 0 Å². The summed E-state index contributed by atoms with van der Waals surface area (Å²) in [4.78, 5) is 9.90. The monoisotopic (exact) mass is 120 g/mol. The number of aliphatic hydroxyl groups excluding tert-OH is 2. The van der Waals surface area contributed by atoms with Gasteiger partial charge in [-0.25, -0.2) is 4.79 Å². The summed E-state index contributed by atoms with van der Waals surface area (Å²) < 4.78 is 7.84. The molecule has 1 aliphatic heterocycles.